The highest BCUT2D eigenvalue weighted by atomic mass is 16.6. The van der Waals surface area contributed by atoms with Gasteiger partial charge in [-0.1, -0.05) is 18.2 Å². The quantitative estimate of drug-likeness (QED) is 0.635. The molecule has 0 aliphatic carbocycles. The van der Waals surface area contributed by atoms with Gasteiger partial charge in [-0.3, -0.25) is 0 Å². The van der Waals surface area contributed by atoms with Crippen LogP contribution in [-0.2, 0) is 4.74 Å². The summed E-state index contributed by atoms with van der Waals surface area (Å²) < 4.78 is 5.19. The van der Waals surface area contributed by atoms with Gasteiger partial charge in [-0.05, 0) is 17.5 Å². The number of aromatic nitrogens is 1. The van der Waals surface area contributed by atoms with Crippen molar-refractivity contribution in [2.45, 2.75) is 6.10 Å². The Hall–Kier alpha value is -1.28. The zero-order valence-corrected chi connectivity index (χ0v) is 6.58. The molecule has 2 nitrogen and oxygen atoms in total. The Balaban J connectivity index is 2.23. The predicted octanol–water partition coefficient (Wildman–Crippen LogP) is 2.24. The van der Waals surface area contributed by atoms with Crippen molar-refractivity contribution >= 4 is 10.9 Å². The van der Waals surface area contributed by atoms with E-state index >= 15 is 0 Å². The van der Waals surface area contributed by atoms with Crippen molar-refractivity contribution in [1.29, 1.82) is 0 Å². The van der Waals surface area contributed by atoms with Crippen molar-refractivity contribution in [1.82, 2.24) is 4.98 Å². The lowest BCUT2D eigenvalue weighted by Crippen LogP contribution is -1.76. The molecule has 1 atom stereocenters. The molecule has 1 aliphatic heterocycles. The Labute approximate surface area is 70.2 Å². The SMILES string of the molecule is c1ccc2[nH]c([C@H]3CO3)cc2c1. The lowest BCUT2D eigenvalue weighted by Gasteiger charge is -1.85. The fraction of sp³-hybridized carbons (Fsp3) is 0.200. The van der Waals surface area contributed by atoms with Crippen molar-refractivity contribution in [2.24, 2.45) is 0 Å². The Morgan fingerprint density at radius 3 is 2.92 bits per heavy atom. The van der Waals surface area contributed by atoms with Gasteiger partial charge in [0.25, 0.3) is 0 Å². The summed E-state index contributed by atoms with van der Waals surface area (Å²) in [4.78, 5) is 3.33. The van der Waals surface area contributed by atoms with Crippen LogP contribution >= 0.6 is 0 Å². The molecule has 0 radical (unpaired) electrons. The molecule has 2 heteroatoms. The minimum atomic E-state index is 0.331. The van der Waals surface area contributed by atoms with Crippen molar-refractivity contribution in [3.8, 4) is 0 Å². The van der Waals surface area contributed by atoms with Gasteiger partial charge in [0.2, 0.25) is 0 Å². The maximum atomic E-state index is 5.19. The molecule has 0 unspecified atom stereocenters. The van der Waals surface area contributed by atoms with E-state index in [4.69, 9.17) is 4.74 Å². The lowest BCUT2D eigenvalue weighted by atomic mass is 10.2. The van der Waals surface area contributed by atoms with Gasteiger partial charge in [0, 0.05) is 11.2 Å². The van der Waals surface area contributed by atoms with E-state index in [-0.39, 0.29) is 0 Å². The van der Waals surface area contributed by atoms with Crippen LogP contribution in [0, 0.1) is 0 Å². The number of rotatable bonds is 1. The average molecular weight is 159 g/mol. The minimum absolute atomic E-state index is 0.331. The van der Waals surface area contributed by atoms with E-state index < -0.39 is 0 Å². The van der Waals surface area contributed by atoms with Crippen molar-refractivity contribution < 1.29 is 4.74 Å². The number of ether oxygens (including phenoxy) is 1. The van der Waals surface area contributed by atoms with Gasteiger partial charge in [0.05, 0.1) is 6.61 Å². The molecule has 0 saturated carbocycles. The summed E-state index contributed by atoms with van der Waals surface area (Å²) in [7, 11) is 0. The molecular weight excluding hydrogens is 150 g/mol. The molecule has 2 heterocycles. The third kappa shape index (κ3) is 0.850. The standard InChI is InChI=1S/C10H9NO/c1-2-4-8-7(3-1)5-9(11-8)10-6-12-10/h1-5,10-11H,6H2/t10-/m1/s1. The molecule has 1 N–H and O–H groups in total. The molecule has 1 aliphatic rings. The summed E-state index contributed by atoms with van der Waals surface area (Å²) in [5, 5.41) is 1.27. The average Bonchev–Trinajstić information content (AvgIpc) is 2.85. The second kappa shape index (κ2) is 2.11. The van der Waals surface area contributed by atoms with Crippen LogP contribution in [0.25, 0.3) is 10.9 Å². The van der Waals surface area contributed by atoms with Gasteiger partial charge in [0.1, 0.15) is 6.10 Å². The van der Waals surface area contributed by atoms with E-state index in [1.54, 1.807) is 0 Å². The fourth-order valence-corrected chi connectivity index (χ4v) is 1.50. The first-order valence-electron chi connectivity index (χ1n) is 4.13. The minimum Gasteiger partial charge on any atom is -0.366 e. The molecule has 1 aromatic heterocycles. The van der Waals surface area contributed by atoms with Gasteiger partial charge in [-0.15, -0.1) is 0 Å². The molecule has 1 fully saturated rings. The largest absolute Gasteiger partial charge is 0.366 e. The summed E-state index contributed by atoms with van der Waals surface area (Å²) in [6.07, 6.45) is 0.331. The number of benzene rings is 1. The van der Waals surface area contributed by atoms with Crippen LogP contribution in [0.3, 0.4) is 0 Å². The van der Waals surface area contributed by atoms with E-state index in [0.29, 0.717) is 6.10 Å². The zero-order chi connectivity index (χ0) is 7.97. The maximum absolute atomic E-state index is 5.19. The van der Waals surface area contributed by atoms with Crippen LogP contribution in [0.15, 0.2) is 30.3 Å². The highest BCUT2D eigenvalue weighted by molar-refractivity contribution is 5.80. The number of fused-ring (bicyclic) bond motifs is 1. The summed E-state index contributed by atoms with van der Waals surface area (Å²) in [6.45, 7) is 0.868. The third-order valence-electron chi connectivity index (χ3n) is 2.23. The summed E-state index contributed by atoms with van der Waals surface area (Å²) in [5.41, 5.74) is 2.40. The number of nitrogens with one attached hydrogen (secondary N) is 1. The highest BCUT2D eigenvalue weighted by Crippen LogP contribution is 2.30. The molecule has 1 saturated heterocycles. The fourth-order valence-electron chi connectivity index (χ4n) is 1.50. The normalized spacial score (nSPS) is 21.5. The van der Waals surface area contributed by atoms with Crippen molar-refractivity contribution in [2.75, 3.05) is 6.61 Å². The molecule has 1 aromatic carbocycles. The Kier molecular flexibility index (Phi) is 1.10. The van der Waals surface area contributed by atoms with E-state index in [9.17, 15) is 0 Å². The third-order valence-corrected chi connectivity index (χ3v) is 2.23. The number of hydrogen-bond donors (Lipinski definition) is 1. The molecule has 12 heavy (non-hydrogen) atoms. The number of epoxide rings is 1. The molecule has 60 valence electrons. The molecule has 0 spiro atoms. The van der Waals surface area contributed by atoms with E-state index in [2.05, 4.69) is 23.2 Å². The first-order chi connectivity index (χ1) is 5.93. The molecule has 3 rings (SSSR count). The Morgan fingerprint density at radius 1 is 1.33 bits per heavy atom. The highest BCUT2D eigenvalue weighted by Gasteiger charge is 2.26. The number of hydrogen-bond acceptors (Lipinski definition) is 1. The number of H-pyrrole nitrogens is 1. The summed E-state index contributed by atoms with van der Waals surface area (Å²) >= 11 is 0. The van der Waals surface area contributed by atoms with E-state index in [1.807, 2.05) is 12.1 Å². The van der Waals surface area contributed by atoms with Gasteiger partial charge in [-0.2, -0.15) is 0 Å². The van der Waals surface area contributed by atoms with Crippen LogP contribution in [0.5, 0.6) is 0 Å². The smallest absolute Gasteiger partial charge is 0.121 e. The lowest BCUT2D eigenvalue weighted by molar-refractivity contribution is 0.412. The summed E-state index contributed by atoms with van der Waals surface area (Å²) in [6, 6.07) is 10.4. The Bertz CT molecular complexity index is 381. The first-order valence-corrected chi connectivity index (χ1v) is 4.13. The van der Waals surface area contributed by atoms with Crippen molar-refractivity contribution in [3.63, 3.8) is 0 Å². The van der Waals surface area contributed by atoms with Gasteiger partial charge >= 0.3 is 0 Å². The maximum Gasteiger partial charge on any atom is 0.121 e. The molecular formula is C10H9NO. The van der Waals surface area contributed by atoms with Crippen LogP contribution in [0.4, 0.5) is 0 Å². The number of aromatic amines is 1. The zero-order valence-electron chi connectivity index (χ0n) is 6.58. The van der Waals surface area contributed by atoms with Crippen LogP contribution in [0.1, 0.15) is 11.8 Å². The Morgan fingerprint density at radius 2 is 2.17 bits per heavy atom. The van der Waals surface area contributed by atoms with Gasteiger partial charge in [-0.25, -0.2) is 0 Å². The summed E-state index contributed by atoms with van der Waals surface area (Å²) in [5.74, 6) is 0. The molecule has 0 amide bonds. The predicted molar refractivity (Wildman–Crippen MR) is 47.0 cm³/mol. The van der Waals surface area contributed by atoms with Crippen LogP contribution in [-0.4, -0.2) is 11.6 Å². The second-order valence-corrected chi connectivity index (χ2v) is 3.13. The van der Waals surface area contributed by atoms with Gasteiger partial charge in [0.15, 0.2) is 0 Å². The van der Waals surface area contributed by atoms with E-state index in [1.165, 1.54) is 16.6 Å². The molecule has 0 bridgehead atoms. The van der Waals surface area contributed by atoms with Crippen LogP contribution in [0.2, 0.25) is 0 Å². The van der Waals surface area contributed by atoms with Gasteiger partial charge < -0.3 is 9.72 Å². The van der Waals surface area contributed by atoms with E-state index in [0.717, 1.165) is 6.61 Å². The van der Waals surface area contributed by atoms with Crippen LogP contribution < -0.4 is 0 Å². The monoisotopic (exact) mass is 159 g/mol. The molecule has 2 aromatic rings. The number of para-hydroxylation sites is 1. The van der Waals surface area contributed by atoms with Crippen molar-refractivity contribution in [3.05, 3.63) is 36.0 Å². The topological polar surface area (TPSA) is 28.3 Å². The first kappa shape index (κ1) is 6.26. The second-order valence-electron chi connectivity index (χ2n) is 3.13.